The molecule has 2 heterocycles. The van der Waals surface area contributed by atoms with Gasteiger partial charge in [-0.05, 0) is 30.3 Å². The summed E-state index contributed by atoms with van der Waals surface area (Å²) in [7, 11) is 0. The Bertz CT molecular complexity index is 1140. The number of aromatic nitrogens is 3. The van der Waals surface area contributed by atoms with Crippen LogP contribution < -0.4 is 0 Å². The molecule has 120 valence electrons. The van der Waals surface area contributed by atoms with E-state index in [1.54, 1.807) is 59.3 Å². The number of rotatable bonds is 2. The van der Waals surface area contributed by atoms with Crippen LogP contribution in [0.15, 0.2) is 60.9 Å². The summed E-state index contributed by atoms with van der Waals surface area (Å²) in [5, 5.41) is 9.64. The zero-order valence-electron chi connectivity index (χ0n) is 12.8. The third-order valence-electron chi connectivity index (χ3n) is 3.95. The van der Waals surface area contributed by atoms with Crippen LogP contribution in [0.4, 0.5) is 4.39 Å². The van der Waals surface area contributed by atoms with E-state index in [0.717, 1.165) is 11.3 Å². The maximum Gasteiger partial charge on any atom is 0.235 e. The van der Waals surface area contributed by atoms with Crippen molar-refractivity contribution < 1.29 is 4.39 Å². The van der Waals surface area contributed by atoms with E-state index in [2.05, 4.69) is 16.0 Å². The molecule has 0 radical (unpaired) electrons. The Balaban J connectivity index is 1.92. The molecule has 0 saturated heterocycles. The van der Waals surface area contributed by atoms with Gasteiger partial charge in [0.05, 0.1) is 23.5 Å². The zero-order chi connectivity index (χ0) is 17.4. The molecule has 0 saturated carbocycles. The van der Waals surface area contributed by atoms with E-state index in [4.69, 9.17) is 11.6 Å². The molecule has 6 heteroatoms. The molecule has 0 spiro atoms. The van der Waals surface area contributed by atoms with Gasteiger partial charge in [-0.3, -0.25) is 4.40 Å². The summed E-state index contributed by atoms with van der Waals surface area (Å²) < 4.78 is 16.2. The molecular weight excluding hydrogens is 339 g/mol. The molecule has 4 rings (SSSR count). The van der Waals surface area contributed by atoms with Crippen molar-refractivity contribution in [2.75, 3.05) is 0 Å². The smallest absolute Gasteiger partial charge is 0.235 e. The Labute approximate surface area is 147 Å². The number of imidazole rings is 1. The summed E-state index contributed by atoms with van der Waals surface area (Å²) in [6.07, 6.45) is 3.42. The van der Waals surface area contributed by atoms with Gasteiger partial charge in [0.1, 0.15) is 11.0 Å². The first-order valence-corrected chi connectivity index (χ1v) is 7.84. The molecule has 0 bridgehead atoms. The normalized spacial score (nSPS) is 10.8. The average Bonchev–Trinajstić information content (AvgIpc) is 3.05. The Kier molecular flexibility index (Phi) is 3.68. The van der Waals surface area contributed by atoms with Crippen LogP contribution in [0.5, 0.6) is 0 Å². The second-order valence-corrected chi connectivity index (χ2v) is 5.80. The number of nitriles is 1. The first-order valence-electron chi connectivity index (χ1n) is 7.46. The number of halogens is 2. The van der Waals surface area contributed by atoms with Crippen molar-refractivity contribution in [2.24, 2.45) is 0 Å². The first-order chi connectivity index (χ1) is 12.2. The molecule has 0 unspecified atom stereocenters. The van der Waals surface area contributed by atoms with Crippen LogP contribution in [-0.2, 0) is 0 Å². The standard InChI is InChI=1S/C19H10ClFN4/c20-18-7-8-25-17(11-23-19(25)24-18)12-5-6-16(21)15(9-12)14-4-2-1-3-13(14)10-22/h1-9,11H. The fourth-order valence-electron chi connectivity index (χ4n) is 2.77. The number of hydrogen-bond donors (Lipinski definition) is 0. The molecule has 0 aliphatic heterocycles. The summed E-state index contributed by atoms with van der Waals surface area (Å²) in [4.78, 5) is 8.38. The van der Waals surface area contributed by atoms with Gasteiger partial charge in [0.15, 0.2) is 0 Å². The Morgan fingerprint density at radius 3 is 2.76 bits per heavy atom. The fraction of sp³-hybridized carbons (Fsp3) is 0. The molecule has 4 nitrogen and oxygen atoms in total. The van der Waals surface area contributed by atoms with Crippen molar-refractivity contribution in [3.8, 4) is 28.5 Å². The summed E-state index contributed by atoms with van der Waals surface area (Å²) in [6.45, 7) is 0. The van der Waals surface area contributed by atoms with Crippen molar-refractivity contribution >= 4 is 17.4 Å². The Morgan fingerprint density at radius 2 is 1.92 bits per heavy atom. The van der Waals surface area contributed by atoms with E-state index in [9.17, 15) is 9.65 Å². The number of nitrogens with zero attached hydrogens (tertiary/aromatic N) is 4. The molecular formula is C19H10ClFN4. The van der Waals surface area contributed by atoms with E-state index in [-0.39, 0.29) is 5.82 Å². The van der Waals surface area contributed by atoms with Crippen LogP contribution >= 0.6 is 11.6 Å². The van der Waals surface area contributed by atoms with Gasteiger partial charge in [0, 0.05) is 22.9 Å². The quantitative estimate of drug-likeness (QED) is 0.492. The molecule has 0 amide bonds. The van der Waals surface area contributed by atoms with Gasteiger partial charge < -0.3 is 0 Å². The third-order valence-corrected chi connectivity index (χ3v) is 4.16. The monoisotopic (exact) mass is 348 g/mol. The summed E-state index contributed by atoms with van der Waals surface area (Å²) >= 11 is 5.89. The molecule has 2 aromatic heterocycles. The Hall–Kier alpha value is -3.23. The van der Waals surface area contributed by atoms with Gasteiger partial charge in [-0.1, -0.05) is 29.8 Å². The lowest BCUT2D eigenvalue weighted by atomic mass is 9.97. The molecule has 25 heavy (non-hydrogen) atoms. The van der Waals surface area contributed by atoms with Crippen LogP contribution in [0.1, 0.15) is 5.56 Å². The fourth-order valence-corrected chi connectivity index (χ4v) is 2.90. The van der Waals surface area contributed by atoms with E-state index in [0.29, 0.717) is 27.6 Å². The highest BCUT2D eigenvalue weighted by atomic mass is 35.5. The lowest BCUT2D eigenvalue weighted by Crippen LogP contribution is -1.93. The van der Waals surface area contributed by atoms with Gasteiger partial charge in [-0.15, -0.1) is 0 Å². The number of fused-ring (bicyclic) bond motifs is 1. The predicted molar refractivity (Wildman–Crippen MR) is 93.5 cm³/mol. The minimum absolute atomic E-state index is 0.354. The minimum atomic E-state index is -0.388. The van der Waals surface area contributed by atoms with Crippen LogP contribution in [0, 0.1) is 17.1 Å². The van der Waals surface area contributed by atoms with Crippen LogP contribution in [0.3, 0.4) is 0 Å². The third kappa shape index (κ3) is 2.63. The van der Waals surface area contributed by atoms with Gasteiger partial charge in [0.25, 0.3) is 0 Å². The highest BCUT2D eigenvalue weighted by Gasteiger charge is 2.13. The van der Waals surface area contributed by atoms with E-state index in [1.807, 2.05) is 0 Å². The average molecular weight is 349 g/mol. The van der Waals surface area contributed by atoms with Crippen LogP contribution in [-0.4, -0.2) is 14.4 Å². The lowest BCUT2D eigenvalue weighted by molar-refractivity contribution is 0.631. The minimum Gasteiger partial charge on any atom is -0.284 e. The van der Waals surface area contributed by atoms with Crippen molar-refractivity contribution in [2.45, 2.75) is 0 Å². The van der Waals surface area contributed by atoms with Crippen molar-refractivity contribution in [3.63, 3.8) is 0 Å². The molecule has 0 fully saturated rings. The molecule has 0 aliphatic rings. The molecule has 4 aromatic rings. The zero-order valence-corrected chi connectivity index (χ0v) is 13.6. The van der Waals surface area contributed by atoms with Gasteiger partial charge in [0.2, 0.25) is 5.78 Å². The molecule has 2 aromatic carbocycles. The van der Waals surface area contributed by atoms with Gasteiger partial charge in [-0.2, -0.15) is 5.26 Å². The maximum absolute atomic E-state index is 14.4. The first kappa shape index (κ1) is 15.3. The second-order valence-electron chi connectivity index (χ2n) is 5.42. The van der Waals surface area contributed by atoms with Gasteiger partial charge >= 0.3 is 0 Å². The topological polar surface area (TPSA) is 54.0 Å². The maximum atomic E-state index is 14.4. The largest absolute Gasteiger partial charge is 0.284 e. The van der Waals surface area contributed by atoms with E-state index >= 15 is 0 Å². The van der Waals surface area contributed by atoms with Crippen molar-refractivity contribution in [1.82, 2.24) is 14.4 Å². The number of benzene rings is 2. The Morgan fingerprint density at radius 1 is 1.08 bits per heavy atom. The molecule has 0 N–H and O–H groups in total. The summed E-state index contributed by atoms with van der Waals surface area (Å²) in [5.41, 5.74) is 2.87. The molecule has 0 aliphatic carbocycles. The lowest BCUT2D eigenvalue weighted by Gasteiger charge is -2.09. The summed E-state index contributed by atoms with van der Waals surface area (Å²) in [6, 6.07) is 15.5. The van der Waals surface area contributed by atoms with E-state index < -0.39 is 0 Å². The van der Waals surface area contributed by atoms with Crippen LogP contribution in [0.2, 0.25) is 5.15 Å². The highest BCUT2D eigenvalue weighted by Crippen LogP contribution is 2.31. The predicted octanol–water partition coefficient (Wildman–Crippen LogP) is 4.73. The second kappa shape index (κ2) is 6.00. The van der Waals surface area contributed by atoms with Gasteiger partial charge in [-0.25, -0.2) is 14.4 Å². The van der Waals surface area contributed by atoms with Crippen molar-refractivity contribution in [3.05, 3.63) is 77.5 Å². The summed E-state index contributed by atoms with van der Waals surface area (Å²) in [5.74, 6) is 0.0761. The van der Waals surface area contributed by atoms with E-state index in [1.165, 1.54) is 6.07 Å². The van der Waals surface area contributed by atoms with Crippen LogP contribution in [0.25, 0.3) is 28.2 Å². The molecule has 0 atom stereocenters. The SMILES string of the molecule is N#Cc1ccccc1-c1cc(-c2cnc3nc(Cl)ccn23)ccc1F. The van der Waals surface area contributed by atoms with Crippen molar-refractivity contribution in [1.29, 1.82) is 5.26 Å². The highest BCUT2D eigenvalue weighted by molar-refractivity contribution is 6.29. The number of hydrogen-bond acceptors (Lipinski definition) is 3.